The largest absolute Gasteiger partial charge is 0.450 e. The van der Waals surface area contributed by atoms with E-state index in [0.717, 1.165) is 11.3 Å². The molecular weight excluding hydrogens is 370 g/mol. The second-order valence-corrected chi connectivity index (χ2v) is 6.82. The summed E-state index contributed by atoms with van der Waals surface area (Å²) in [6.07, 6.45) is 2.86. The third-order valence-corrected chi connectivity index (χ3v) is 4.86. The molecule has 8 nitrogen and oxygen atoms in total. The van der Waals surface area contributed by atoms with Crippen molar-refractivity contribution in [2.75, 3.05) is 49.1 Å². The molecule has 0 aliphatic carbocycles. The predicted octanol–water partition coefficient (Wildman–Crippen LogP) is 2.73. The van der Waals surface area contributed by atoms with Crippen molar-refractivity contribution in [1.82, 2.24) is 14.9 Å². The van der Waals surface area contributed by atoms with Gasteiger partial charge in [0.1, 0.15) is 11.5 Å². The lowest BCUT2D eigenvalue weighted by atomic mass is 10.2. The lowest BCUT2D eigenvalue weighted by Crippen LogP contribution is -2.49. The number of carbonyl (C=O) groups is 2. The molecule has 0 radical (unpaired) electrons. The molecule has 0 saturated carbocycles. The van der Waals surface area contributed by atoms with E-state index in [0.29, 0.717) is 50.8 Å². The van der Waals surface area contributed by atoms with E-state index in [1.165, 1.54) is 6.20 Å². The molecule has 0 unspecified atom stereocenters. The number of aryl methyl sites for hydroxylation is 1. The molecule has 0 spiro atoms. The third kappa shape index (κ3) is 4.82. The van der Waals surface area contributed by atoms with E-state index >= 15 is 0 Å². The van der Waals surface area contributed by atoms with Gasteiger partial charge in [-0.25, -0.2) is 14.8 Å². The van der Waals surface area contributed by atoms with E-state index in [9.17, 15) is 9.59 Å². The van der Waals surface area contributed by atoms with Crippen LogP contribution in [-0.2, 0) is 4.74 Å². The summed E-state index contributed by atoms with van der Waals surface area (Å²) in [5.74, 6) is 0.521. The normalized spacial score (nSPS) is 13.9. The summed E-state index contributed by atoms with van der Waals surface area (Å²) < 4.78 is 5.04. The number of aromatic nitrogens is 2. The van der Waals surface area contributed by atoms with Crippen LogP contribution in [0.4, 0.5) is 16.3 Å². The van der Waals surface area contributed by atoms with Crippen LogP contribution >= 0.6 is 0 Å². The fraction of sp³-hybridized carbons (Fsp3) is 0.429. The van der Waals surface area contributed by atoms with Gasteiger partial charge in [0, 0.05) is 38.4 Å². The second-order valence-electron chi connectivity index (χ2n) is 6.82. The summed E-state index contributed by atoms with van der Waals surface area (Å²) in [6, 6.07) is 7.83. The minimum Gasteiger partial charge on any atom is -0.450 e. The fourth-order valence-corrected chi connectivity index (χ4v) is 3.31. The van der Waals surface area contributed by atoms with Crippen LogP contribution in [-0.4, -0.2) is 66.2 Å². The van der Waals surface area contributed by atoms with Gasteiger partial charge in [-0.2, -0.15) is 0 Å². The first-order chi connectivity index (χ1) is 14.0. The summed E-state index contributed by atoms with van der Waals surface area (Å²) in [5.41, 5.74) is 2.25. The number of ether oxygens (including phenoxy) is 1. The highest BCUT2D eigenvalue weighted by molar-refractivity contribution is 6.04. The average molecular weight is 397 g/mol. The Morgan fingerprint density at radius 3 is 2.45 bits per heavy atom. The molecule has 0 bridgehead atoms. The van der Waals surface area contributed by atoms with E-state index in [2.05, 4.69) is 14.9 Å². The maximum Gasteiger partial charge on any atom is 0.409 e. The zero-order valence-electron chi connectivity index (χ0n) is 17.2. The molecule has 0 atom stereocenters. The molecule has 1 fully saturated rings. The quantitative estimate of drug-likeness (QED) is 0.772. The number of nitrogens with zero attached hydrogens (tertiary/aromatic N) is 5. The maximum atomic E-state index is 12.9. The number of amides is 2. The molecule has 0 N–H and O–H groups in total. The van der Waals surface area contributed by atoms with Gasteiger partial charge in [0.05, 0.1) is 19.0 Å². The molecule has 29 heavy (non-hydrogen) atoms. The van der Waals surface area contributed by atoms with Crippen LogP contribution in [0.1, 0.15) is 29.9 Å². The smallest absolute Gasteiger partial charge is 0.409 e. The number of anilines is 2. The van der Waals surface area contributed by atoms with Crippen molar-refractivity contribution < 1.29 is 14.3 Å². The number of rotatable bonds is 5. The minimum atomic E-state index is -0.282. The van der Waals surface area contributed by atoms with Crippen molar-refractivity contribution in [2.45, 2.75) is 20.8 Å². The van der Waals surface area contributed by atoms with E-state index in [1.54, 1.807) is 22.9 Å². The lowest BCUT2D eigenvalue weighted by Gasteiger charge is -2.34. The minimum absolute atomic E-state index is 0.177. The van der Waals surface area contributed by atoms with Crippen LogP contribution in [0.3, 0.4) is 0 Å². The SMILES string of the molecule is CCOC(=O)N1CCN(c2cnc(C(=O)N(CC)c3cccc(C)c3)cn2)CC1. The van der Waals surface area contributed by atoms with Crippen LogP contribution in [0.15, 0.2) is 36.7 Å². The Morgan fingerprint density at radius 2 is 1.86 bits per heavy atom. The van der Waals surface area contributed by atoms with Crippen LogP contribution in [0.25, 0.3) is 0 Å². The summed E-state index contributed by atoms with van der Waals surface area (Å²) in [6.45, 7) is 9.07. The topological polar surface area (TPSA) is 78.9 Å². The molecule has 1 aliphatic rings. The van der Waals surface area contributed by atoms with Crippen molar-refractivity contribution in [2.24, 2.45) is 0 Å². The van der Waals surface area contributed by atoms with Gasteiger partial charge in [-0.15, -0.1) is 0 Å². The summed E-state index contributed by atoms with van der Waals surface area (Å²) in [7, 11) is 0. The van der Waals surface area contributed by atoms with Gasteiger partial charge < -0.3 is 19.4 Å². The molecule has 2 aromatic rings. The first-order valence-corrected chi connectivity index (χ1v) is 9.90. The summed E-state index contributed by atoms with van der Waals surface area (Å²) >= 11 is 0. The van der Waals surface area contributed by atoms with Gasteiger partial charge in [0.2, 0.25) is 0 Å². The Balaban J connectivity index is 1.65. The third-order valence-electron chi connectivity index (χ3n) is 4.86. The second kappa shape index (κ2) is 9.36. The Kier molecular flexibility index (Phi) is 6.64. The monoisotopic (exact) mass is 397 g/mol. The molecule has 8 heteroatoms. The van der Waals surface area contributed by atoms with Crippen molar-refractivity contribution in [3.8, 4) is 0 Å². The van der Waals surface area contributed by atoms with Crippen LogP contribution in [0, 0.1) is 6.92 Å². The van der Waals surface area contributed by atoms with Gasteiger partial charge in [-0.1, -0.05) is 12.1 Å². The standard InChI is InChI=1S/C21H27N5O3/c1-4-26(17-8-6-7-16(3)13-17)20(27)18-14-23-19(15-22-18)24-9-11-25(12-10-24)21(28)29-5-2/h6-8,13-15H,4-5,9-12H2,1-3H3. The van der Waals surface area contributed by atoms with Gasteiger partial charge in [0.15, 0.2) is 0 Å². The van der Waals surface area contributed by atoms with Crippen molar-refractivity contribution in [3.63, 3.8) is 0 Å². The van der Waals surface area contributed by atoms with E-state index < -0.39 is 0 Å². The number of hydrogen-bond acceptors (Lipinski definition) is 6. The Bertz CT molecular complexity index is 848. The van der Waals surface area contributed by atoms with Crippen molar-refractivity contribution >= 4 is 23.5 Å². The summed E-state index contributed by atoms with van der Waals surface area (Å²) in [4.78, 5) is 38.9. The average Bonchev–Trinajstić information content (AvgIpc) is 2.75. The highest BCUT2D eigenvalue weighted by Crippen LogP contribution is 2.19. The highest BCUT2D eigenvalue weighted by Gasteiger charge is 2.23. The Hall–Kier alpha value is -3.16. The highest BCUT2D eigenvalue weighted by atomic mass is 16.6. The van der Waals surface area contributed by atoms with Crippen LogP contribution in [0.2, 0.25) is 0 Å². The van der Waals surface area contributed by atoms with Crippen LogP contribution < -0.4 is 9.80 Å². The first-order valence-electron chi connectivity index (χ1n) is 9.90. The van der Waals surface area contributed by atoms with Crippen molar-refractivity contribution in [1.29, 1.82) is 0 Å². The molecule has 2 heterocycles. The Morgan fingerprint density at radius 1 is 1.10 bits per heavy atom. The van der Waals surface area contributed by atoms with E-state index in [4.69, 9.17) is 4.74 Å². The number of benzene rings is 1. The number of hydrogen-bond donors (Lipinski definition) is 0. The molecule has 154 valence electrons. The van der Waals surface area contributed by atoms with Gasteiger partial charge in [-0.05, 0) is 38.5 Å². The van der Waals surface area contributed by atoms with E-state index in [-0.39, 0.29) is 12.0 Å². The fourth-order valence-electron chi connectivity index (χ4n) is 3.31. The van der Waals surface area contributed by atoms with Crippen molar-refractivity contribution in [3.05, 3.63) is 47.9 Å². The molecular formula is C21H27N5O3. The number of piperazine rings is 1. The van der Waals surface area contributed by atoms with Crippen LogP contribution in [0.5, 0.6) is 0 Å². The first kappa shape index (κ1) is 20.6. The van der Waals surface area contributed by atoms with E-state index in [1.807, 2.05) is 38.1 Å². The molecule has 1 aliphatic heterocycles. The zero-order chi connectivity index (χ0) is 20.8. The summed E-state index contributed by atoms with van der Waals surface area (Å²) in [5, 5.41) is 0. The molecule has 1 aromatic carbocycles. The predicted molar refractivity (Wildman–Crippen MR) is 111 cm³/mol. The zero-order valence-corrected chi connectivity index (χ0v) is 17.2. The Labute approximate surface area is 171 Å². The molecule has 2 amide bonds. The maximum absolute atomic E-state index is 12.9. The van der Waals surface area contributed by atoms with Gasteiger partial charge >= 0.3 is 6.09 Å². The molecule has 1 aromatic heterocycles. The van der Waals surface area contributed by atoms with Gasteiger partial charge in [-0.3, -0.25) is 4.79 Å². The lowest BCUT2D eigenvalue weighted by molar-refractivity contribution is 0.0981. The number of carbonyl (C=O) groups excluding carboxylic acids is 2. The molecule has 3 rings (SSSR count). The molecule has 1 saturated heterocycles. The van der Waals surface area contributed by atoms with Gasteiger partial charge in [0.25, 0.3) is 5.91 Å².